The van der Waals surface area contributed by atoms with E-state index in [0.29, 0.717) is 12.6 Å². The highest BCUT2D eigenvalue weighted by Gasteiger charge is 2.22. The maximum Gasteiger partial charge on any atom is 0.191 e. The number of guanidine groups is 1. The van der Waals surface area contributed by atoms with Gasteiger partial charge in [0, 0.05) is 29.9 Å². The van der Waals surface area contributed by atoms with E-state index in [1.54, 1.807) is 7.11 Å². The number of pyridine rings is 1. The third kappa shape index (κ3) is 5.01. The van der Waals surface area contributed by atoms with Gasteiger partial charge < -0.3 is 15.4 Å². The lowest BCUT2D eigenvalue weighted by Gasteiger charge is -2.13. The highest BCUT2D eigenvalue weighted by atomic mass is 127. The van der Waals surface area contributed by atoms with Gasteiger partial charge in [-0.05, 0) is 33.6 Å². The number of aryl methyl sites for hydroxylation is 1. The molecule has 2 N–H and O–H groups in total. The highest BCUT2D eigenvalue weighted by molar-refractivity contribution is 14.0. The number of ether oxygens (including phenoxy) is 1. The molecule has 0 atom stereocenters. The fraction of sp³-hybridized carbons (Fsp3) is 0.600. The van der Waals surface area contributed by atoms with Crippen molar-refractivity contribution in [1.82, 2.24) is 15.6 Å². The van der Waals surface area contributed by atoms with Gasteiger partial charge in [-0.1, -0.05) is 0 Å². The molecule has 5 nitrogen and oxygen atoms in total. The quantitative estimate of drug-likeness (QED) is 0.450. The van der Waals surface area contributed by atoms with E-state index in [9.17, 15) is 0 Å². The smallest absolute Gasteiger partial charge is 0.191 e. The summed E-state index contributed by atoms with van der Waals surface area (Å²) in [4.78, 5) is 9.08. The van der Waals surface area contributed by atoms with Crippen molar-refractivity contribution in [3.63, 3.8) is 0 Å². The number of halogens is 1. The molecular formula is C15H25IN4O. The van der Waals surface area contributed by atoms with E-state index in [1.165, 1.54) is 12.8 Å². The predicted molar refractivity (Wildman–Crippen MR) is 96.7 cm³/mol. The Morgan fingerprint density at radius 2 is 2.14 bits per heavy atom. The van der Waals surface area contributed by atoms with Crippen LogP contribution in [0.2, 0.25) is 0 Å². The number of nitrogens with zero attached hydrogens (tertiary/aromatic N) is 2. The van der Waals surface area contributed by atoms with Gasteiger partial charge in [-0.3, -0.25) is 4.98 Å². The molecule has 6 heteroatoms. The van der Waals surface area contributed by atoms with Crippen LogP contribution in [0.5, 0.6) is 5.75 Å². The summed E-state index contributed by atoms with van der Waals surface area (Å²) in [5.41, 5.74) is 3.08. The Morgan fingerprint density at radius 1 is 1.43 bits per heavy atom. The molecule has 1 aromatic heterocycles. The van der Waals surface area contributed by atoms with E-state index >= 15 is 0 Å². The Hall–Kier alpha value is -1.05. The van der Waals surface area contributed by atoms with Crippen LogP contribution in [-0.2, 0) is 6.54 Å². The molecule has 118 valence electrons. The Morgan fingerprint density at radius 3 is 2.71 bits per heavy atom. The largest absolute Gasteiger partial charge is 0.496 e. The predicted octanol–water partition coefficient (Wildman–Crippen LogP) is 2.54. The fourth-order valence-corrected chi connectivity index (χ4v) is 2.13. The lowest BCUT2D eigenvalue weighted by Crippen LogP contribution is -2.38. The third-order valence-corrected chi connectivity index (χ3v) is 3.40. The van der Waals surface area contributed by atoms with Crippen molar-refractivity contribution in [3.05, 3.63) is 23.0 Å². The average molecular weight is 404 g/mol. The van der Waals surface area contributed by atoms with Crippen molar-refractivity contribution >= 4 is 29.9 Å². The minimum absolute atomic E-state index is 0. The molecule has 0 radical (unpaired) electrons. The molecule has 1 aliphatic carbocycles. The first kappa shape index (κ1) is 18.0. The number of methoxy groups -OCH3 is 1. The fourth-order valence-electron chi connectivity index (χ4n) is 2.13. The summed E-state index contributed by atoms with van der Waals surface area (Å²) in [7, 11) is 1.70. The van der Waals surface area contributed by atoms with Gasteiger partial charge in [0.05, 0.1) is 19.3 Å². The zero-order valence-electron chi connectivity index (χ0n) is 13.2. The molecule has 0 aromatic carbocycles. The van der Waals surface area contributed by atoms with Crippen LogP contribution < -0.4 is 15.4 Å². The minimum Gasteiger partial charge on any atom is -0.496 e. The molecule has 1 aliphatic rings. The Bertz CT molecular complexity index is 501. The molecule has 1 aromatic rings. The second kappa shape index (κ2) is 8.41. The molecule has 0 bridgehead atoms. The Labute approximate surface area is 144 Å². The summed E-state index contributed by atoms with van der Waals surface area (Å²) < 4.78 is 5.43. The van der Waals surface area contributed by atoms with Gasteiger partial charge >= 0.3 is 0 Å². The van der Waals surface area contributed by atoms with E-state index < -0.39 is 0 Å². The van der Waals surface area contributed by atoms with Crippen molar-refractivity contribution in [2.45, 2.75) is 46.2 Å². The van der Waals surface area contributed by atoms with Crippen LogP contribution >= 0.6 is 24.0 Å². The molecule has 0 unspecified atom stereocenters. The van der Waals surface area contributed by atoms with E-state index in [4.69, 9.17) is 4.74 Å². The van der Waals surface area contributed by atoms with E-state index in [0.717, 1.165) is 35.1 Å². The van der Waals surface area contributed by atoms with Crippen LogP contribution in [0, 0.1) is 13.8 Å². The average Bonchev–Trinajstić information content (AvgIpc) is 3.22. The van der Waals surface area contributed by atoms with Gasteiger partial charge in [0.15, 0.2) is 5.96 Å². The molecule has 2 rings (SSSR count). The van der Waals surface area contributed by atoms with Gasteiger partial charge in [0.2, 0.25) is 0 Å². The zero-order chi connectivity index (χ0) is 14.5. The lowest BCUT2D eigenvalue weighted by molar-refractivity contribution is 0.407. The molecule has 21 heavy (non-hydrogen) atoms. The third-order valence-electron chi connectivity index (χ3n) is 3.40. The topological polar surface area (TPSA) is 58.5 Å². The summed E-state index contributed by atoms with van der Waals surface area (Å²) in [6.07, 6.45) is 4.32. The first-order valence-electron chi connectivity index (χ1n) is 7.19. The standard InChI is InChI=1S/C15H24N4O.HI/c1-5-16-15(19-12-6-7-12)18-9-13-11(3)14(20-4)10(2)8-17-13;/h8,12H,5-7,9H2,1-4H3,(H2,16,18,19);1H. The molecule has 1 saturated carbocycles. The van der Waals surface area contributed by atoms with Crippen molar-refractivity contribution in [2.75, 3.05) is 13.7 Å². The number of rotatable bonds is 5. The summed E-state index contributed by atoms with van der Waals surface area (Å²) >= 11 is 0. The van der Waals surface area contributed by atoms with Gasteiger partial charge in [0.1, 0.15) is 5.75 Å². The van der Waals surface area contributed by atoms with Crippen molar-refractivity contribution in [2.24, 2.45) is 4.99 Å². The van der Waals surface area contributed by atoms with Crippen LogP contribution in [-0.4, -0.2) is 30.6 Å². The number of hydrogen-bond donors (Lipinski definition) is 2. The highest BCUT2D eigenvalue weighted by Crippen LogP contribution is 2.24. The van der Waals surface area contributed by atoms with Crippen LogP contribution in [0.15, 0.2) is 11.2 Å². The zero-order valence-corrected chi connectivity index (χ0v) is 15.5. The number of hydrogen-bond acceptors (Lipinski definition) is 3. The Kier molecular flexibility index (Phi) is 7.21. The molecule has 1 heterocycles. The van der Waals surface area contributed by atoms with Crippen molar-refractivity contribution in [3.8, 4) is 5.75 Å². The summed E-state index contributed by atoms with van der Waals surface area (Å²) in [6.45, 7) is 7.53. The molecule has 0 amide bonds. The maximum atomic E-state index is 5.43. The van der Waals surface area contributed by atoms with Gasteiger partial charge in [-0.25, -0.2) is 4.99 Å². The van der Waals surface area contributed by atoms with E-state index in [-0.39, 0.29) is 24.0 Å². The van der Waals surface area contributed by atoms with Gasteiger partial charge in [-0.15, -0.1) is 24.0 Å². The number of aliphatic imine (C=N–C) groups is 1. The molecular weight excluding hydrogens is 379 g/mol. The molecule has 0 spiro atoms. The van der Waals surface area contributed by atoms with Gasteiger partial charge in [-0.2, -0.15) is 0 Å². The summed E-state index contributed by atoms with van der Waals surface area (Å²) in [6, 6.07) is 0.592. The molecule has 0 aliphatic heterocycles. The van der Waals surface area contributed by atoms with Crippen LogP contribution in [0.1, 0.15) is 36.6 Å². The first-order chi connectivity index (χ1) is 9.65. The maximum absolute atomic E-state index is 5.43. The first-order valence-corrected chi connectivity index (χ1v) is 7.19. The minimum atomic E-state index is 0. The van der Waals surface area contributed by atoms with E-state index in [2.05, 4.69) is 27.5 Å². The summed E-state index contributed by atoms with van der Waals surface area (Å²) in [5.74, 6) is 1.78. The van der Waals surface area contributed by atoms with E-state index in [1.807, 2.05) is 20.0 Å². The number of aromatic nitrogens is 1. The van der Waals surface area contributed by atoms with Gasteiger partial charge in [0.25, 0.3) is 0 Å². The SMILES string of the molecule is CCNC(=NCc1ncc(C)c(OC)c1C)NC1CC1.I. The normalized spacial score (nSPS) is 14.4. The van der Waals surface area contributed by atoms with Crippen LogP contribution in [0.3, 0.4) is 0 Å². The number of nitrogens with one attached hydrogen (secondary N) is 2. The Balaban J connectivity index is 0.00000220. The second-order valence-corrected chi connectivity index (χ2v) is 5.16. The monoisotopic (exact) mass is 404 g/mol. The molecule has 0 saturated heterocycles. The van der Waals surface area contributed by atoms with Crippen molar-refractivity contribution in [1.29, 1.82) is 0 Å². The van der Waals surface area contributed by atoms with Crippen molar-refractivity contribution < 1.29 is 4.74 Å². The summed E-state index contributed by atoms with van der Waals surface area (Å²) in [5, 5.41) is 6.66. The lowest BCUT2D eigenvalue weighted by atomic mass is 10.1. The second-order valence-electron chi connectivity index (χ2n) is 5.16. The van der Waals surface area contributed by atoms with Crippen LogP contribution in [0.4, 0.5) is 0 Å². The van der Waals surface area contributed by atoms with Crippen LogP contribution in [0.25, 0.3) is 0 Å². The molecule has 1 fully saturated rings.